The maximum absolute atomic E-state index is 14.1. The van der Waals surface area contributed by atoms with Crippen molar-refractivity contribution in [1.29, 1.82) is 0 Å². The number of nitrogens with one attached hydrogen (secondary N) is 2. The van der Waals surface area contributed by atoms with Gasteiger partial charge in [0.15, 0.2) is 0 Å². The Morgan fingerprint density at radius 2 is 1.88 bits per heavy atom. The molecule has 1 aromatic heterocycles. The Balaban J connectivity index is 1.50. The number of rotatable bonds is 6. The molecule has 172 valence electrons. The molecule has 2 N–H and O–H groups in total. The number of carbonyl (C=O) groups excluding carboxylic acids is 1. The molecule has 1 fully saturated rings. The van der Waals surface area contributed by atoms with Gasteiger partial charge in [-0.15, -0.1) is 0 Å². The molecule has 33 heavy (non-hydrogen) atoms. The molecule has 0 bridgehead atoms. The maximum Gasteiger partial charge on any atom is 0.257 e. The Labute approximate surface area is 190 Å². The van der Waals surface area contributed by atoms with Crippen LogP contribution in [0.2, 0.25) is 0 Å². The summed E-state index contributed by atoms with van der Waals surface area (Å²) in [5.74, 6) is -1.28. The van der Waals surface area contributed by atoms with Crippen LogP contribution in [0.15, 0.2) is 71.8 Å². The number of halogens is 2. The molecular weight excluding hydrogens is 450 g/mol. The third-order valence-corrected chi connectivity index (χ3v) is 6.82. The first kappa shape index (κ1) is 22.8. The highest BCUT2D eigenvalue weighted by molar-refractivity contribution is 7.89. The number of likely N-dealkylation sites (tertiary alicyclic amines) is 1. The van der Waals surface area contributed by atoms with Gasteiger partial charge in [0.25, 0.3) is 5.91 Å². The number of amides is 1. The quantitative estimate of drug-likeness (QED) is 0.571. The largest absolute Gasteiger partial charge is 0.337 e. The van der Waals surface area contributed by atoms with Crippen LogP contribution in [-0.4, -0.2) is 43.3 Å². The number of carbonyl (C=O) groups is 1. The van der Waals surface area contributed by atoms with Crippen molar-refractivity contribution in [3.05, 3.63) is 84.1 Å². The molecule has 2 aromatic carbocycles. The number of nitrogens with zero attached hydrogens (tertiary/aromatic N) is 2. The van der Waals surface area contributed by atoms with Crippen LogP contribution in [0.25, 0.3) is 0 Å². The number of para-hydroxylation sites is 1. The summed E-state index contributed by atoms with van der Waals surface area (Å²) < 4.78 is 55.4. The Morgan fingerprint density at radius 1 is 1.06 bits per heavy atom. The lowest BCUT2D eigenvalue weighted by Gasteiger charge is -2.33. The van der Waals surface area contributed by atoms with Gasteiger partial charge in [0.05, 0.1) is 16.1 Å². The van der Waals surface area contributed by atoms with Gasteiger partial charge in [0.1, 0.15) is 17.5 Å². The van der Waals surface area contributed by atoms with Gasteiger partial charge in [-0.2, -0.15) is 0 Å². The van der Waals surface area contributed by atoms with Crippen LogP contribution in [0.1, 0.15) is 23.2 Å². The zero-order valence-electron chi connectivity index (χ0n) is 17.5. The summed E-state index contributed by atoms with van der Waals surface area (Å²) in [4.78, 5) is 18.8. The second-order valence-electron chi connectivity index (χ2n) is 7.67. The fraction of sp³-hybridized carbons (Fsp3) is 0.217. The number of anilines is 2. The Kier molecular flexibility index (Phi) is 6.66. The van der Waals surface area contributed by atoms with Gasteiger partial charge >= 0.3 is 0 Å². The molecule has 1 saturated heterocycles. The van der Waals surface area contributed by atoms with Gasteiger partial charge in [-0.25, -0.2) is 26.9 Å². The molecule has 1 unspecified atom stereocenters. The second kappa shape index (κ2) is 9.63. The first-order valence-electron chi connectivity index (χ1n) is 10.4. The van der Waals surface area contributed by atoms with E-state index in [1.807, 2.05) is 0 Å². The third-order valence-electron chi connectivity index (χ3n) is 5.30. The molecule has 0 saturated carbocycles. The highest BCUT2D eigenvalue weighted by atomic mass is 32.2. The summed E-state index contributed by atoms with van der Waals surface area (Å²) in [5.41, 5.74) is 0.430. The van der Waals surface area contributed by atoms with E-state index in [0.29, 0.717) is 19.4 Å². The lowest BCUT2D eigenvalue weighted by Crippen LogP contribution is -2.49. The number of pyridine rings is 1. The number of benzene rings is 2. The van der Waals surface area contributed by atoms with Crippen LogP contribution in [-0.2, 0) is 10.0 Å². The SMILES string of the molecule is O=C(c1cccnc1Nc1ccccc1F)N1CCCC(NS(=O)(=O)c2cccc(F)c2)C1. The number of aromatic nitrogens is 1. The van der Waals surface area contributed by atoms with E-state index in [1.165, 1.54) is 41.4 Å². The van der Waals surface area contributed by atoms with Crippen LogP contribution >= 0.6 is 0 Å². The summed E-state index contributed by atoms with van der Waals surface area (Å²) in [6, 6.07) is 13.5. The van der Waals surface area contributed by atoms with Crippen LogP contribution in [0.5, 0.6) is 0 Å². The van der Waals surface area contributed by atoms with Crippen LogP contribution in [0.3, 0.4) is 0 Å². The zero-order chi connectivity index (χ0) is 23.4. The lowest BCUT2D eigenvalue weighted by molar-refractivity contribution is 0.0703. The van der Waals surface area contributed by atoms with Gasteiger partial charge < -0.3 is 10.2 Å². The number of piperidine rings is 1. The van der Waals surface area contributed by atoms with Gasteiger partial charge in [0.2, 0.25) is 10.0 Å². The molecule has 0 aliphatic carbocycles. The van der Waals surface area contributed by atoms with Gasteiger partial charge in [0, 0.05) is 25.3 Å². The standard InChI is InChI=1S/C23H22F2N4O3S/c24-16-6-3-8-18(14-16)33(31,32)28-17-7-5-13-29(15-17)23(30)19-9-4-12-26-22(19)27-21-11-2-1-10-20(21)25/h1-4,6,8-12,14,17,28H,5,7,13,15H2,(H,26,27). The average Bonchev–Trinajstić information content (AvgIpc) is 2.80. The maximum atomic E-state index is 14.1. The van der Waals surface area contributed by atoms with E-state index in [0.717, 1.165) is 6.07 Å². The first-order chi connectivity index (χ1) is 15.8. The van der Waals surface area contributed by atoms with E-state index in [2.05, 4.69) is 15.0 Å². The van der Waals surface area contributed by atoms with Gasteiger partial charge in [-0.3, -0.25) is 4.79 Å². The minimum Gasteiger partial charge on any atom is -0.337 e. The van der Waals surface area contributed by atoms with Crippen molar-refractivity contribution in [1.82, 2.24) is 14.6 Å². The summed E-state index contributed by atoms with van der Waals surface area (Å²) >= 11 is 0. The smallest absolute Gasteiger partial charge is 0.257 e. The molecule has 1 aliphatic heterocycles. The Hall–Kier alpha value is -3.37. The van der Waals surface area contributed by atoms with E-state index >= 15 is 0 Å². The molecule has 1 amide bonds. The topological polar surface area (TPSA) is 91.4 Å². The lowest BCUT2D eigenvalue weighted by atomic mass is 10.1. The van der Waals surface area contributed by atoms with Crippen molar-refractivity contribution in [3.63, 3.8) is 0 Å². The fourth-order valence-corrected chi connectivity index (χ4v) is 5.01. The van der Waals surface area contributed by atoms with Gasteiger partial charge in [-0.05, 0) is 55.3 Å². The molecule has 0 spiro atoms. The Morgan fingerprint density at radius 3 is 2.67 bits per heavy atom. The van der Waals surface area contributed by atoms with Crippen molar-refractivity contribution < 1.29 is 22.0 Å². The van der Waals surface area contributed by atoms with Crippen molar-refractivity contribution in [2.75, 3.05) is 18.4 Å². The van der Waals surface area contributed by atoms with Crippen molar-refractivity contribution >= 4 is 27.4 Å². The minimum atomic E-state index is -3.94. The monoisotopic (exact) mass is 472 g/mol. The van der Waals surface area contributed by atoms with Crippen molar-refractivity contribution in [2.24, 2.45) is 0 Å². The van der Waals surface area contributed by atoms with Crippen LogP contribution in [0, 0.1) is 11.6 Å². The normalized spacial score (nSPS) is 16.4. The minimum absolute atomic E-state index is 0.140. The highest BCUT2D eigenvalue weighted by Gasteiger charge is 2.29. The highest BCUT2D eigenvalue weighted by Crippen LogP contribution is 2.24. The molecule has 2 heterocycles. The van der Waals surface area contributed by atoms with Crippen LogP contribution < -0.4 is 10.0 Å². The van der Waals surface area contributed by atoms with Gasteiger partial charge in [-0.1, -0.05) is 18.2 Å². The summed E-state index contributed by atoms with van der Waals surface area (Å²) in [7, 11) is -3.94. The van der Waals surface area contributed by atoms with E-state index in [-0.39, 0.29) is 34.4 Å². The van der Waals surface area contributed by atoms with E-state index < -0.39 is 27.7 Å². The predicted octanol–water partition coefficient (Wildman–Crippen LogP) is 3.69. The molecule has 10 heteroatoms. The molecule has 4 rings (SSSR count). The van der Waals surface area contributed by atoms with E-state index in [4.69, 9.17) is 0 Å². The van der Waals surface area contributed by atoms with E-state index in [9.17, 15) is 22.0 Å². The Bertz CT molecular complexity index is 1270. The molecule has 0 radical (unpaired) electrons. The molecule has 7 nitrogen and oxygen atoms in total. The second-order valence-corrected chi connectivity index (χ2v) is 9.39. The summed E-state index contributed by atoms with van der Waals surface area (Å²) in [6.45, 7) is 0.576. The zero-order valence-corrected chi connectivity index (χ0v) is 18.4. The van der Waals surface area contributed by atoms with Crippen molar-refractivity contribution in [3.8, 4) is 0 Å². The first-order valence-corrected chi connectivity index (χ1v) is 11.9. The fourth-order valence-electron chi connectivity index (χ4n) is 3.72. The summed E-state index contributed by atoms with van der Waals surface area (Å²) in [6.07, 6.45) is 2.61. The predicted molar refractivity (Wildman–Crippen MR) is 120 cm³/mol. The number of hydrogen-bond donors (Lipinski definition) is 2. The van der Waals surface area contributed by atoms with Crippen molar-refractivity contribution in [2.45, 2.75) is 23.8 Å². The average molecular weight is 473 g/mol. The summed E-state index contributed by atoms with van der Waals surface area (Å²) in [5, 5.41) is 2.86. The molecule has 3 aromatic rings. The van der Waals surface area contributed by atoms with Crippen LogP contribution in [0.4, 0.5) is 20.3 Å². The molecule has 1 atom stereocenters. The van der Waals surface area contributed by atoms with E-state index in [1.54, 1.807) is 24.3 Å². The molecular formula is C23H22F2N4O3S. The third kappa shape index (κ3) is 5.35. The number of hydrogen-bond acceptors (Lipinski definition) is 5. The number of sulfonamides is 1. The molecule has 1 aliphatic rings.